The third-order valence-corrected chi connectivity index (χ3v) is 7.21. The number of nitro benzene ring substituents is 2. The Labute approximate surface area is 175 Å². The van der Waals surface area contributed by atoms with Gasteiger partial charge < -0.3 is 4.74 Å². The standard InChI is InChI=1S/C18H20N2O9S/c21-17(27-9-18-6-10-1-11(7-18)3-12(2-10)8-18)13-4-14(19(22)23)16(30-29-28-26)15(5-13)20(24)25/h4-5,10-12,26H,1-3,6-9H2. The van der Waals surface area contributed by atoms with Crippen LogP contribution in [0.4, 0.5) is 11.4 Å². The van der Waals surface area contributed by atoms with Gasteiger partial charge in [0.1, 0.15) is 0 Å². The molecule has 4 bridgehead atoms. The molecule has 0 atom stereocenters. The van der Waals surface area contributed by atoms with Crippen LogP contribution in [0.5, 0.6) is 0 Å². The highest BCUT2D eigenvalue weighted by Gasteiger charge is 2.51. The molecule has 0 amide bonds. The van der Waals surface area contributed by atoms with Gasteiger partial charge >= 0.3 is 5.97 Å². The first-order valence-electron chi connectivity index (χ1n) is 9.59. The molecule has 0 aliphatic heterocycles. The maximum absolute atomic E-state index is 12.6. The predicted molar refractivity (Wildman–Crippen MR) is 101 cm³/mol. The van der Waals surface area contributed by atoms with Crippen molar-refractivity contribution >= 4 is 29.4 Å². The van der Waals surface area contributed by atoms with Crippen molar-refractivity contribution in [3.8, 4) is 0 Å². The highest BCUT2D eigenvalue weighted by molar-refractivity contribution is 7.94. The van der Waals surface area contributed by atoms with E-state index in [0.717, 1.165) is 31.4 Å². The highest BCUT2D eigenvalue weighted by Crippen LogP contribution is 2.60. The maximum atomic E-state index is 12.6. The first-order valence-corrected chi connectivity index (χ1v) is 10.3. The minimum Gasteiger partial charge on any atom is -0.461 e. The number of benzene rings is 1. The molecular formula is C18H20N2O9S. The first kappa shape index (κ1) is 21.0. The lowest BCUT2D eigenvalue weighted by molar-refractivity contribution is -0.433. The molecule has 0 aromatic heterocycles. The molecule has 0 unspecified atom stereocenters. The monoisotopic (exact) mass is 440 g/mol. The third-order valence-electron chi connectivity index (χ3n) is 6.50. The van der Waals surface area contributed by atoms with E-state index >= 15 is 0 Å². The number of rotatable bonds is 8. The van der Waals surface area contributed by atoms with Gasteiger partial charge in [0.15, 0.2) is 4.90 Å². The molecule has 5 rings (SSSR count). The van der Waals surface area contributed by atoms with Crippen LogP contribution >= 0.6 is 12.0 Å². The van der Waals surface area contributed by atoms with E-state index in [1.165, 1.54) is 19.3 Å². The van der Waals surface area contributed by atoms with Gasteiger partial charge in [0.2, 0.25) is 0 Å². The van der Waals surface area contributed by atoms with E-state index in [2.05, 4.69) is 9.37 Å². The molecule has 0 radical (unpaired) electrons. The van der Waals surface area contributed by atoms with Crippen LogP contribution in [0, 0.1) is 43.4 Å². The van der Waals surface area contributed by atoms with Gasteiger partial charge in [0, 0.05) is 17.5 Å². The van der Waals surface area contributed by atoms with Gasteiger partial charge in [-0.3, -0.25) is 20.2 Å². The molecule has 12 heteroatoms. The van der Waals surface area contributed by atoms with Crippen molar-refractivity contribution in [1.82, 2.24) is 0 Å². The molecule has 30 heavy (non-hydrogen) atoms. The Morgan fingerprint density at radius 2 is 1.57 bits per heavy atom. The van der Waals surface area contributed by atoms with E-state index in [4.69, 9.17) is 9.99 Å². The number of carbonyl (C=O) groups excluding carboxylic acids is 1. The summed E-state index contributed by atoms with van der Waals surface area (Å²) in [7, 11) is 0. The van der Waals surface area contributed by atoms with Gasteiger partial charge in [-0.2, -0.15) is 0 Å². The average molecular weight is 440 g/mol. The second-order valence-corrected chi connectivity index (χ2v) is 9.29. The Kier molecular flexibility index (Phi) is 5.66. The normalized spacial score (nSPS) is 29.0. The summed E-state index contributed by atoms with van der Waals surface area (Å²) in [6.45, 7) is 0.217. The van der Waals surface area contributed by atoms with Crippen molar-refractivity contribution in [1.29, 1.82) is 0 Å². The van der Waals surface area contributed by atoms with Crippen molar-refractivity contribution in [2.45, 2.75) is 43.4 Å². The molecule has 1 N–H and O–H groups in total. The fourth-order valence-corrected chi connectivity index (χ4v) is 6.43. The van der Waals surface area contributed by atoms with E-state index in [1.54, 1.807) is 0 Å². The molecule has 4 aliphatic rings. The summed E-state index contributed by atoms with van der Waals surface area (Å²) >= 11 is 0.0950. The van der Waals surface area contributed by atoms with Crippen LogP contribution in [-0.2, 0) is 14.1 Å². The fourth-order valence-electron chi connectivity index (χ4n) is 5.89. The number of nitrogens with zero attached hydrogens (tertiary/aromatic N) is 2. The van der Waals surface area contributed by atoms with E-state index in [9.17, 15) is 25.0 Å². The summed E-state index contributed by atoms with van der Waals surface area (Å²) in [4.78, 5) is 33.1. The lowest BCUT2D eigenvalue weighted by Crippen LogP contribution is -2.48. The van der Waals surface area contributed by atoms with Gasteiger partial charge in [0.05, 0.1) is 34.1 Å². The predicted octanol–water partition coefficient (Wildman–Crippen LogP) is 4.30. The zero-order valence-electron chi connectivity index (χ0n) is 15.9. The Morgan fingerprint density at radius 3 is 2.00 bits per heavy atom. The number of hydrogen-bond donors (Lipinski definition) is 1. The van der Waals surface area contributed by atoms with Crippen LogP contribution in [-0.4, -0.2) is 27.7 Å². The van der Waals surface area contributed by atoms with E-state index in [-0.39, 0.29) is 29.6 Å². The summed E-state index contributed by atoms with van der Waals surface area (Å²) < 4.78 is 9.65. The van der Waals surface area contributed by atoms with Gasteiger partial charge in [-0.25, -0.2) is 10.1 Å². The fraction of sp³-hybridized carbons (Fsp3) is 0.611. The molecule has 1 aromatic rings. The lowest BCUT2D eigenvalue weighted by Gasteiger charge is -2.56. The van der Waals surface area contributed by atoms with Crippen LogP contribution < -0.4 is 0 Å². The lowest BCUT2D eigenvalue weighted by atomic mass is 9.50. The molecule has 4 fully saturated rings. The van der Waals surface area contributed by atoms with Crippen molar-refractivity contribution in [2.24, 2.45) is 23.2 Å². The molecule has 0 heterocycles. The van der Waals surface area contributed by atoms with Gasteiger partial charge in [-0.1, -0.05) is 5.04 Å². The van der Waals surface area contributed by atoms with Crippen molar-refractivity contribution in [2.75, 3.05) is 6.61 Å². The van der Waals surface area contributed by atoms with Crippen LogP contribution in [0.3, 0.4) is 0 Å². The van der Waals surface area contributed by atoms with Crippen molar-refractivity contribution in [3.05, 3.63) is 37.9 Å². The highest BCUT2D eigenvalue weighted by atomic mass is 32.2. The summed E-state index contributed by atoms with van der Waals surface area (Å²) in [6, 6.07) is 1.80. The smallest absolute Gasteiger partial charge is 0.338 e. The summed E-state index contributed by atoms with van der Waals surface area (Å²) in [6.07, 6.45) is 6.76. The SMILES string of the molecule is O=C(OCC12CC3CC(CC(C3)C1)C2)c1cc([N+](=O)[O-])c(SOOO)c([N+](=O)[O-])c1. The Balaban J connectivity index is 1.55. The zero-order chi connectivity index (χ0) is 21.5. The van der Waals surface area contributed by atoms with E-state index in [1.807, 2.05) is 0 Å². The second-order valence-electron chi connectivity index (χ2n) is 8.58. The molecule has 0 saturated heterocycles. The number of nitro groups is 2. The largest absolute Gasteiger partial charge is 0.461 e. The number of carbonyl (C=O) groups is 1. The number of esters is 1. The molecule has 4 saturated carbocycles. The van der Waals surface area contributed by atoms with E-state index in [0.29, 0.717) is 17.8 Å². The molecule has 0 spiro atoms. The van der Waals surface area contributed by atoms with Gasteiger partial charge in [0.25, 0.3) is 11.4 Å². The molecule has 162 valence electrons. The molecular weight excluding hydrogens is 420 g/mol. The van der Waals surface area contributed by atoms with Gasteiger partial charge in [-0.05, 0) is 56.3 Å². The Hall–Kier alpha value is -2.28. The molecule has 4 aliphatic carbocycles. The quantitative estimate of drug-likeness (QED) is 0.203. The van der Waals surface area contributed by atoms with E-state index < -0.39 is 32.1 Å². The minimum atomic E-state index is -0.883. The Morgan fingerprint density at radius 1 is 1.07 bits per heavy atom. The maximum Gasteiger partial charge on any atom is 0.338 e. The van der Waals surface area contributed by atoms with Crippen LogP contribution in [0.2, 0.25) is 0 Å². The van der Waals surface area contributed by atoms with Crippen LogP contribution in [0.25, 0.3) is 0 Å². The number of ether oxygens (including phenoxy) is 1. The first-order chi connectivity index (χ1) is 14.3. The van der Waals surface area contributed by atoms with Crippen LogP contribution in [0.15, 0.2) is 17.0 Å². The summed E-state index contributed by atoms with van der Waals surface area (Å²) in [5, 5.41) is 34.4. The topological polar surface area (TPSA) is 151 Å². The average Bonchev–Trinajstić information content (AvgIpc) is 2.68. The second kappa shape index (κ2) is 8.10. The summed E-state index contributed by atoms with van der Waals surface area (Å²) in [5.41, 5.74) is -1.79. The van der Waals surface area contributed by atoms with Gasteiger partial charge in [-0.15, -0.1) is 4.33 Å². The number of hydrogen-bond acceptors (Lipinski definition) is 10. The minimum absolute atomic E-state index is 0.0512. The third kappa shape index (κ3) is 4.00. The molecule has 1 aromatic carbocycles. The molecule has 11 nitrogen and oxygen atoms in total. The summed E-state index contributed by atoms with van der Waals surface area (Å²) in [5.74, 6) is 1.17. The van der Waals surface area contributed by atoms with Crippen molar-refractivity contribution < 1.29 is 34.0 Å². The zero-order valence-corrected chi connectivity index (χ0v) is 16.7. The Bertz CT molecular complexity index is 820. The van der Waals surface area contributed by atoms with Crippen molar-refractivity contribution in [3.63, 3.8) is 0 Å². The van der Waals surface area contributed by atoms with Crippen LogP contribution in [0.1, 0.15) is 48.9 Å².